The predicted molar refractivity (Wildman–Crippen MR) is 49.0 cm³/mol. The van der Waals surface area contributed by atoms with Crippen LogP contribution in [0.1, 0.15) is 0 Å². The summed E-state index contributed by atoms with van der Waals surface area (Å²) in [6.07, 6.45) is -4.53. The van der Waals surface area contributed by atoms with Crippen LogP contribution in [0.3, 0.4) is 0 Å². The lowest BCUT2D eigenvalue weighted by Gasteiger charge is -2.14. The van der Waals surface area contributed by atoms with Crippen molar-refractivity contribution in [1.82, 2.24) is 0 Å². The number of rotatable bonds is 0. The molecule has 14 heavy (non-hydrogen) atoms. The summed E-state index contributed by atoms with van der Waals surface area (Å²) in [7, 11) is 0. The van der Waals surface area contributed by atoms with E-state index in [0.29, 0.717) is 0 Å². The normalized spacial score (nSPS) is 18.8. The van der Waals surface area contributed by atoms with Gasteiger partial charge in [0, 0.05) is 6.08 Å². The third-order valence-corrected chi connectivity index (χ3v) is 3.51. The Bertz CT molecular complexity index is 379. The Morgan fingerprint density at radius 2 is 1.57 bits per heavy atom. The van der Waals surface area contributed by atoms with Gasteiger partial charge in [-0.2, -0.15) is 13.2 Å². The molecule has 0 saturated carbocycles. The van der Waals surface area contributed by atoms with Gasteiger partial charge >= 0.3 is 6.18 Å². The highest BCUT2D eigenvalue weighted by Gasteiger charge is 2.42. The maximum absolute atomic E-state index is 12.2. The first-order chi connectivity index (χ1) is 6.25. The van der Waals surface area contributed by atoms with Gasteiger partial charge in [-0.25, -0.2) is 0 Å². The Balaban J connectivity index is 3.24. The highest BCUT2D eigenvalue weighted by Crippen LogP contribution is 2.35. The summed E-state index contributed by atoms with van der Waals surface area (Å²) in [5, 5.41) is 0. The lowest BCUT2D eigenvalue weighted by atomic mass is 10.0. The van der Waals surface area contributed by atoms with Crippen LogP contribution in [0.25, 0.3) is 0 Å². The van der Waals surface area contributed by atoms with E-state index in [1.54, 1.807) is 0 Å². The van der Waals surface area contributed by atoms with E-state index < -0.39 is 27.8 Å². The van der Waals surface area contributed by atoms with Crippen molar-refractivity contribution in [1.29, 1.82) is 0 Å². The second-order valence-corrected chi connectivity index (χ2v) is 3.96. The molecule has 0 spiro atoms. The lowest BCUT2D eigenvalue weighted by molar-refractivity contribution is -0.127. The van der Waals surface area contributed by atoms with Gasteiger partial charge in [-0.05, 0) is 31.9 Å². The molecule has 0 heterocycles. The predicted octanol–water partition coefficient (Wildman–Crippen LogP) is 2.63. The molecule has 76 valence electrons. The Kier molecular flexibility index (Phi) is 3.01. The Morgan fingerprint density at radius 1 is 1.07 bits per heavy atom. The van der Waals surface area contributed by atoms with E-state index in [-0.39, 0.29) is 10.6 Å². The van der Waals surface area contributed by atoms with Crippen molar-refractivity contribution >= 4 is 43.4 Å². The molecule has 1 aliphatic carbocycles. The maximum atomic E-state index is 12.2. The molecule has 0 fully saturated rings. The number of carbonyl (C=O) groups excluding carboxylic acids is 2. The number of ketones is 2. The van der Waals surface area contributed by atoms with Crippen LogP contribution in [0, 0.1) is 0 Å². The van der Waals surface area contributed by atoms with Gasteiger partial charge in [0.1, 0.15) is 5.57 Å². The van der Waals surface area contributed by atoms with Gasteiger partial charge in [-0.1, -0.05) is 0 Å². The Morgan fingerprint density at radius 3 is 2.00 bits per heavy atom. The summed E-state index contributed by atoms with van der Waals surface area (Å²) in [6.45, 7) is 0. The van der Waals surface area contributed by atoms with E-state index >= 15 is 0 Å². The fourth-order valence-electron chi connectivity index (χ4n) is 0.797. The molecule has 0 amide bonds. The van der Waals surface area contributed by atoms with Crippen LogP contribution in [-0.2, 0) is 9.59 Å². The van der Waals surface area contributed by atoms with E-state index in [9.17, 15) is 22.8 Å². The molecular formula is C7HBr2F3O2. The van der Waals surface area contributed by atoms with E-state index in [4.69, 9.17) is 0 Å². The molecule has 7 heteroatoms. The average molecular weight is 334 g/mol. The number of hydrogen-bond donors (Lipinski definition) is 0. The minimum absolute atomic E-state index is 0.199. The summed E-state index contributed by atoms with van der Waals surface area (Å²) in [6, 6.07) is 0. The molecule has 0 unspecified atom stereocenters. The highest BCUT2D eigenvalue weighted by molar-refractivity contribution is 9.14. The van der Waals surface area contributed by atoms with E-state index in [1.807, 2.05) is 0 Å². The minimum Gasteiger partial charge on any atom is -0.289 e. The smallest absolute Gasteiger partial charge is 0.289 e. The molecule has 1 rings (SSSR count). The zero-order valence-corrected chi connectivity index (χ0v) is 9.46. The van der Waals surface area contributed by atoms with E-state index in [2.05, 4.69) is 31.9 Å². The van der Waals surface area contributed by atoms with Gasteiger partial charge in [-0.15, -0.1) is 0 Å². The molecule has 0 aromatic heterocycles. The first-order valence-corrected chi connectivity index (χ1v) is 4.77. The zero-order chi connectivity index (χ0) is 11.1. The van der Waals surface area contributed by atoms with E-state index in [1.165, 1.54) is 0 Å². The monoisotopic (exact) mass is 332 g/mol. The number of Topliss-reactive ketones (excluding diaryl/α,β-unsaturated/α-hetero) is 1. The molecule has 0 aromatic carbocycles. The van der Waals surface area contributed by atoms with Crippen LogP contribution in [-0.4, -0.2) is 17.7 Å². The lowest BCUT2D eigenvalue weighted by Crippen LogP contribution is -2.25. The maximum Gasteiger partial charge on any atom is 0.420 e. The molecular weight excluding hydrogens is 333 g/mol. The van der Waals surface area contributed by atoms with Gasteiger partial charge in [0.25, 0.3) is 0 Å². The van der Waals surface area contributed by atoms with Crippen LogP contribution in [0.15, 0.2) is 20.6 Å². The third-order valence-electron chi connectivity index (χ3n) is 1.43. The molecule has 0 N–H and O–H groups in total. The van der Waals surface area contributed by atoms with Gasteiger partial charge in [0.2, 0.25) is 5.78 Å². The second kappa shape index (κ2) is 3.62. The highest BCUT2D eigenvalue weighted by atomic mass is 79.9. The summed E-state index contributed by atoms with van der Waals surface area (Å²) in [4.78, 5) is 22.0. The summed E-state index contributed by atoms with van der Waals surface area (Å²) in [5.41, 5.74) is -1.46. The number of halogens is 5. The van der Waals surface area contributed by atoms with Crippen LogP contribution in [0.2, 0.25) is 0 Å². The van der Waals surface area contributed by atoms with Crippen LogP contribution in [0.5, 0.6) is 0 Å². The Hall–Kier alpha value is -0.430. The fourth-order valence-corrected chi connectivity index (χ4v) is 1.50. The van der Waals surface area contributed by atoms with Crippen LogP contribution in [0.4, 0.5) is 13.2 Å². The van der Waals surface area contributed by atoms with Crippen LogP contribution >= 0.6 is 31.9 Å². The largest absolute Gasteiger partial charge is 0.420 e. The number of alkyl halides is 3. The summed E-state index contributed by atoms with van der Waals surface area (Å²) in [5.74, 6) is -2.13. The van der Waals surface area contributed by atoms with Crippen molar-refractivity contribution in [2.45, 2.75) is 6.18 Å². The van der Waals surface area contributed by atoms with Crippen LogP contribution < -0.4 is 0 Å². The van der Waals surface area contributed by atoms with Crippen molar-refractivity contribution in [2.75, 3.05) is 0 Å². The Labute approximate surface area is 93.1 Å². The molecule has 1 aliphatic rings. The molecule has 2 nitrogen and oxygen atoms in total. The number of hydrogen-bond acceptors (Lipinski definition) is 2. The van der Waals surface area contributed by atoms with Gasteiger partial charge in [0.05, 0.1) is 8.96 Å². The zero-order valence-electron chi connectivity index (χ0n) is 6.28. The van der Waals surface area contributed by atoms with Crippen molar-refractivity contribution < 1.29 is 22.8 Å². The summed E-state index contributed by atoms with van der Waals surface area (Å²) < 4.78 is 35.9. The molecule has 0 aliphatic heterocycles. The molecule has 0 radical (unpaired) electrons. The molecule has 0 bridgehead atoms. The van der Waals surface area contributed by atoms with Gasteiger partial charge in [-0.3, -0.25) is 9.59 Å². The topological polar surface area (TPSA) is 34.1 Å². The minimum atomic E-state index is -4.81. The quantitative estimate of drug-likeness (QED) is 0.639. The molecule has 0 saturated heterocycles. The number of allylic oxidation sites excluding steroid dienone is 4. The second-order valence-electron chi connectivity index (χ2n) is 2.38. The number of carbonyl (C=O) groups is 2. The average Bonchev–Trinajstić information content (AvgIpc) is 2.06. The van der Waals surface area contributed by atoms with Crippen molar-refractivity contribution in [3.05, 3.63) is 20.6 Å². The van der Waals surface area contributed by atoms with Gasteiger partial charge in [0.15, 0.2) is 5.78 Å². The van der Waals surface area contributed by atoms with Crippen molar-refractivity contribution in [3.8, 4) is 0 Å². The van der Waals surface area contributed by atoms with Crippen molar-refractivity contribution in [3.63, 3.8) is 0 Å². The SMILES string of the molecule is O=C1C=C(C(F)(F)F)C(=O)C(Br)=C1Br. The first kappa shape index (κ1) is 11.6. The fraction of sp³-hybridized carbons (Fsp3) is 0.143. The van der Waals surface area contributed by atoms with E-state index in [0.717, 1.165) is 0 Å². The first-order valence-electron chi connectivity index (χ1n) is 3.18. The molecule has 0 atom stereocenters. The van der Waals surface area contributed by atoms with Gasteiger partial charge < -0.3 is 0 Å². The third kappa shape index (κ3) is 1.98. The standard InChI is InChI=1S/C7HBr2F3O2/c8-4-3(13)1-2(7(10,11)12)6(14)5(4)9/h1H. The summed E-state index contributed by atoms with van der Waals surface area (Å²) >= 11 is 5.32. The molecule has 0 aromatic rings. The van der Waals surface area contributed by atoms with Crippen molar-refractivity contribution in [2.24, 2.45) is 0 Å².